The molecule has 3 aliphatic heterocycles. The predicted octanol–water partition coefficient (Wildman–Crippen LogP) is 7.54. The van der Waals surface area contributed by atoms with Crippen LogP contribution in [0.25, 0.3) is 16.6 Å². The zero-order valence-corrected chi connectivity index (χ0v) is 28.0. The van der Waals surface area contributed by atoms with Crippen LogP contribution >= 0.6 is 15.9 Å². The van der Waals surface area contributed by atoms with Crippen molar-refractivity contribution in [3.8, 4) is 5.69 Å². The Morgan fingerprint density at radius 2 is 1.73 bits per heavy atom. The summed E-state index contributed by atoms with van der Waals surface area (Å²) in [5.74, 6) is 2.12. The molecule has 7 nitrogen and oxygen atoms in total. The van der Waals surface area contributed by atoms with Crippen molar-refractivity contribution in [3.63, 3.8) is 0 Å². The lowest BCUT2D eigenvalue weighted by atomic mass is 9.69. The number of carbonyl (C=O) groups excluding carboxylic acids is 1. The van der Waals surface area contributed by atoms with Gasteiger partial charge in [0.05, 0.1) is 22.0 Å². The van der Waals surface area contributed by atoms with Crippen LogP contribution in [0.2, 0.25) is 0 Å². The number of carbonyl (C=O) groups is 1. The van der Waals surface area contributed by atoms with E-state index in [9.17, 15) is 9.59 Å². The van der Waals surface area contributed by atoms with E-state index >= 15 is 0 Å². The number of aromatic nitrogens is 2. The van der Waals surface area contributed by atoms with Crippen LogP contribution < -0.4 is 5.56 Å². The van der Waals surface area contributed by atoms with Crippen LogP contribution in [0.5, 0.6) is 0 Å². The summed E-state index contributed by atoms with van der Waals surface area (Å²) in [5, 5.41) is 0.672. The molecular formula is C36H45BrN4O3. The quantitative estimate of drug-likeness (QED) is 0.290. The van der Waals surface area contributed by atoms with Crippen LogP contribution in [0, 0.1) is 5.92 Å². The van der Waals surface area contributed by atoms with E-state index in [0.717, 1.165) is 87.1 Å². The van der Waals surface area contributed by atoms with Crippen molar-refractivity contribution in [2.75, 3.05) is 32.7 Å². The zero-order valence-electron chi connectivity index (χ0n) is 26.4. The second kappa shape index (κ2) is 11.6. The normalized spacial score (nSPS) is 21.0. The number of amides is 1. The van der Waals surface area contributed by atoms with E-state index < -0.39 is 5.60 Å². The van der Waals surface area contributed by atoms with Crippen LogP contribution in [0.4, 0.5) is 4.79 Å². The summed E-state index contributed by atoms with van der Waals surface area (Å²) in [6, 6.07) is 13.3. The van der Waals surface area contributed by atoms with E-state index in [0.29, 0.717) is 17.2 Å². The Hall–Kier alpha value is -2.71. The Bertz CT molecular complexity index is 1620. The molecule has 0 atom stereocenters. The number of nitrogens with zero attached hydrogens (tertiary/aromatic N) is 4. The number of piperidine rings is 2. The average molecular weight is 662 g/mol. The first-order valence-corrected chi connectivity index (χ1v) is 17.5. The maximum absolute atomic E-state index is 13.3. The summed E-state index contributed by atoms with van der Waals surface area (Å²) < 4.78 is 8.72. The van der Waals surface area contributed by atoms with Crippen LogP contribution in [0.15, 0.2) is 45.7 Å². The van der Waals surface area contributed by atoms with Crippen molar-refractivity contribution in [2.45, 2.75) is 95.5 Å². The highest BCUT2D eigenvalue weighted by molar-refractivity contribution is 9.10. The molecular weight excluding hydrogens is 616 g/mol. The molecule has 1 saturated carbocycles. The molecule has 234 valence electrons. The Kier molecular flexibility index (Phi) is 7.89. The minimum absolute atomic E-state index is 0.125. The number of hydrogen-bond acceptors (Lipinski definition) is 5. The monoisotopic (exact) mass is 660 g/mol. The molecule has 1 amide bonds. The van der Waals surface area contributed by atoms with E-state index in [1.807, 2.05) is 37.8 Å². The molecule has 1 aromatic heterocycles. The summed E-state index contributed by atoms with van der Waals surface area (Å²) in [7, 11) is 0. The number of ether oxygens (including phenoxy) is 1. The molecule has 8 heteroatoms. The second-order valence-corrected chi connectivity index (χ2v) is 15.5. The molecule has 3 fully saturated rings. The molecule has 4 heterocycles. The summed E-state index contributed by atoms with van der Waals surface area (Å²) in [4.78, 5) is 35.1. The lowest BCUT2D eigenvalue weighted by Crippen LogP contribution is -2.44. The third kappa shape index (κ3) is 5.40. The highest BCUT2D eigenvalue weighted by Gasteiger charge is 2.46. The molecule has 2 aromatic carbocycles. The molecule has 4 aliphatic rings. The molecule has 0 bridgehead atoms. The predicted molar refractivity (Wildman–Crippen MR) is 178 cm³/mol. The smallest absolute Gasteiger partial charge is 0.410 e. The number of halogens is 1. The first-order valence-electron chi connectivity index (χ1n) is 16.7. The van der Waals surface area contributed by atoms with Gasteiger partial charge in [0.1, 0.15) is 11.4 Å². The maximum Gasteiger partial charge on any atom is 0.410 e. The molecule has 1 spiro atoms. The summed E-state index contributed by atoms with van der Waals surface area (Å²) in [5.41, 5.74) is 4.23. The molecule has 2 saturated heterocycles. The Morgan fingerprint density at radius 3 is 2.43 bits per heavy atom. The van der Waals surface area contributed by atoms with Gasteiger partial charge in [-0.15, -0.1) is 0 Å². The fraction of sp³-hybridized carbons (Fsp3) is 0.583. The lowest BCUT2D eigenvalue weighted by molar-refractivity contribution is 0.0166. The van der Waals surface area contributed by atoms with Crippen LogP contribution in [0.3, 0.4) is 0 Å². The van der Waals surface area contributed by atoms with Crippen molar-refractivity contribution in [1.82, 2.24) is 19.4 Å². The molecule has 7 rings (SSSR count). The number of likely N-dealkylation sites (tertiary alicyclic amines) is 2. The number of hydrogen-bond donors (Lipinski definition) is 0. The van der Waals surface area contributed by atoms with Gasteiger partial charge in [-0.1, -0.05) is 37.5 Å². The third-order valence-electron chi connectivity index (χ3n) is 10.6. The van der Waals surface area contributed by atoms with Gasteiger partial charge in [0.15, 0.2) is 0 Å². The van der Waals surface area contributed by atoms with E-state index in [2.05, 4.69) is 49.7 Å². The van der Waals surface area contributed by atoms with Gasteiger partial charge in [-0.2, -0.15) is 4.98 Å². The fourth-order valence-corrected chi connectivity index (χ4v) is 8.92. The van der Waals surface area contributed by atoms with Gasteiger partial charge in [0.2, 0.25) is 0 Å². The first-order chi connectivity index (χ1) is 21.1. The molecule has 0 radical (unpaired) electrons. The van der Waals surface area contributed by atoms with Crippen molar-refractivity contribution >= 4 is 32.9 Å². The molecule has 0 unspecified atom stereocenters. The largest absolute Gasteiger partial charge is 0.444 e. The highest BCUT2D eigenvalue weighted by atomic mass is 79.9. The van der Waals surface area contributed by atoms with E-state index in [4.69, 9.17) is 9.72 Å². The number of rotatable bonds is 3. The second-order valence-electron chi connectivity index (χ2n) is 14.6. The van der Waals surface area contributed by atoms with Gasteiger partial charge in [-0.3, -0.25) is 9.36 Å². The minimum atomic E-state index is -0.446. The molecule has 1 aliphatic carbocycles. The fourth-order valence-electron chi connectivity index (χ4n) is 8.39. The molecule has 0 N–H and O–H groups in total. The van der Waals surface area contributed by atoms with Crippen molar-refractivity contribution < 1.29 is 9.53 Å². The maximum atomic E-state index is 13.3. The number of benzene rings is 2. The Balaban J connectivity index is 1.07. The molecule has 44 heavy (non-hydrogen) atoms. The van der Waals surface area contributed by atoms with Gasteiger partial charge >= 0.3 is 6.09 Å². The lowest BCUT2D eigenvalue weighted by Gasteiger charge is -2.38. The summed E-state index contributed by atoms with van der Waals surface area (Å²) in [6.45, 7) is 10.7. The van der Waals surface area contributed by atoms with Crippen molar-refractivity contribution in [1.29, 1.82) is 0 Å². The van der Waals surface area contributed by atoms with Gasteiger partial charge in [-0.05, 0) is 129 Å². The van der Waals surface area contributed by atoms with E-state index in [-0.39, 0.29) is 17.1 Å². The highest BCUT2D eigenvalue weighted by Crippen LogP contribution is 2.52. The summed E-state index contributed by atoms with van der Waals surface area (Å²) >= 11 is 3.64. The minimum Gasteiger partial charge on any atom is -0.444 e. The van der Waals surface area contributed by atoms with Crippen LogP contribution in [0.1, 0.15) is 101 Å². The van der Waals surface area contributed by atoms with Crippen molar-refractivity contribution in [2.24, 2.45) is 5.92 Å². The van der Waals surface area contributed by atoms with E-state index in [1.54, 1.807) is 0 Å². The molecule has 3 aromatic rings. The number of fused-ring (bicyclic) bond motifs is 7. The van der Waals surface area contributed by atoms with Crippen molar-refractivity contribution in [3.05, 3.63) is 68.2 Å². The van der Waals surface area contributed by atoms with Gasteiger partial charge in [0.25, 0.3) is 5.56 Å². The SMILES string of the molecule is CC(C)(C)OC(=O)N1CCC(CN2CCC(c3ccc4c(c3)-n3c(nc(=O)c5c(Br)cccc53)C43CCCCC3)CC2)CC1. The zero-order chi connectivity index (χ0) is 30.6. The van der Waals surface area contributed by atoms with E-state index in [1.165, 1.54) is 36.1 Å². The topological polar surface area (TPSA) is 67.7 Å². The average Bonchev–Trinajstić information content (AvgIpc) is 3.25. The summed E-state index contributed by atoms with van der Waals surface area (Å²) in [6.07, 6.45) is 9.94. The van der Waals surface area contributed by atoms with Gasteiger partial charge < -0.3 is 14.5 Å². The van der Waals surface area contributed by atoms with Crippen LogP contribution in [-0.2, 0) is 10.2 Å². The van der Waals surface area contributed by atoms with Crippen LogP contribution in [-0.4, -0.2) is 63.8 Å². The third-order valence-corrected chi connectivity index (χ3v) is 11.3. The van der Waals surface area contributed by atoms with Gasteiger partial charge in [0, 0.05) is 24.1 Å². The van der Waals surface area contributed by atoms with Gasteiger partial charge in [-0.25, -0.2) is 4.79 Å². The Morgan fingerprint density at radius 1 is 1.00 bits per heavy atom. The Labute approximate surface area is 269 Å². The standard InChI is InChI=1S/C36H45BrN4O3/c1-35(2,3)44-34(43)40-20-12-24(13-21-40)23-39-18-14-25(15-19-39)26-10-11-27-30(22-26)41-29-9-7-8-28(37)31(29)32(42)38-33(41)36(27)16-5-4-6-17-36/h7-11,22,24-25H,4-6,12-21,23H2,1-3H3. The first kappa shape index (κ1) is 30.0.